The number of amides is 1. The zero-order valence-electron chi connectivity index (χ0n) is 16.5. The van der Waals surface area contributed by atoms with E-state index in [4.69, 9.17) is 21.2 Å². The first-order valence-electron chi connectivity index (χ1n) is 9.21. The molecule has 1 aromatic heterocycles. The lowest BCUT2D eigenvalue weighted by molar-refractivity contribution is -0.168. The van der Waals surface area contributed by atoms with Crippen LogP contribution in [-0.4, -0.2) is 41.3 Å². The number of nitrogens with zero attached hydrogens (tertiary/aromatic N) is 2. The van der Waals surface area contributed by atoms with Crippen molar-refractivity contribution in [2.75, 3.05) is 13.2 Å². The molecule has 0 fully saturated rings. The summed E-state index contributed by atoms with van der Waals surface area (Å²) in [6.45, 7) is 5.79. The molecule has 2 heterocycles. The van der Waals surface area contributed by atoms with Crippen LogP contribution in [0.25, 0.3) is 0 Å². The summed E-state index contributed by atoms with van der Waals surface area (Å²) in [6.07, 6.45) is 0.486. The average Bonchev–Trinajstić information content (AvgIpc) is 3.23. The van der Waals surface area contributed by atoms with Crippen LogP contribution in [0.15, 0.2) is 29.4 Å². The van der Waals surface area contributed by atoms with Crippen LogP contribution < -0.4 is 5.32 Å². The number of halogens is 1. The molecule has 0 saturated carbocycles. The maximum Gasteiger partial charge on any atom is 0.354 e. The molecule has 9 heteroatoms. The fourth-order valence-corrected chi connectivity index (χ4v) is 4.21. The third-order valence-corrected chi connectivity index (χ3v) is 5.73. The first kappa shape index (κ1) is 21.3. The van der Waals surface area contributed by atoms with Crippen molar-refractivity contribution in [3.8, 4) is 0 Å². The number of rotatable bonds is 7. The highest BCUT2D eigenvalue weighted by Crippen LogP contribution is 2.30. The molecule has 1 aliphatic heterocycles. The second-order valence-corrected chi connectivity index (χ2v) is 8.42. The van der Waals surface area contributed by atoms with Crippen molar-refractivity contribution in [2.45, 2.75) is 39.2 Å². The average molecular weight is 436 g/mol. The van der Waals surface area contributed by atoms with Gasteiger partial charge in [-0.15, -0.1) is 11.3 Å². The lowest BCUT2D eigenvalue weighted by atomic mass is 9.89. The van der Waals surface area contributed by atoms with Crippen LogP contribution in [0.2, 0.25) is 5.02 Å². The minimum Gasteiger partial charge on any atom is -0.463 e. The Bertz CT molecular complexity index is 959. The largest absolute Gasteiger partial charge is 0.463 e. The monoisotopic (exact) mass is 435 g/mol. The number of thiazole rings is 1. The van der Waals surface area contributed by atoms with E-state index < -0.39 is 11.6 Å². The van der Waals surface area contributed by atoms with Gasteiger partial charge < -0.3 is 14.9 Å². The molecule has 1 aromatic carbocycles. The Morgan fingerprint density at radius 1 is 1.38 bits per heavy atom. The number of oxime groups is 1. The van der Waals surface area contributed by atoms with Crippen LogP contribution >= 0.6 is 22.9 Å². The summed E-state index contributed by atoms with van der Waals surface area (Å²) in [5, 5.41) is 8.29. The molecule has 29 heavy (non-hydrogen) atoms. The van der Waals surface area contributed by atoms with Gasteiger partial charge in [-0.2, -0.15) is 0 Å². The number of carbonyl (C=O) groups excluding carboxylic acids is 2. The van der Waals surface area contributed by atoms with Gasteiger partial charge in [-0.05, 0) is 38.5 Å². The number of hydrogen-bond donors (Lipinski definition) is 1. The predicted octanol–water partition coefficient (Wildman–Crippen LogP) is 3.46. The summed E-state index contributed by atoms with van der Waals surface area (Å²) in [7, 11) is 0. The lowest BCUT2D eigenvalue weighted by Crippen LogP contribution is -2.43. The van der Waals surface area contributed by atoms with Crippen molar-refractivity contribution < 1.29 is 19.2 Å². The minimum absolute atomic E-state index is 0.173. The number of ether oxygens (including phenoxy) is 1. The van der Waals surface area contributed by atoms with Gasteiger partial charge in [0.25, 0.3) is 5.91 Å². The van der Waals surface area contributed by atoms with E-state index in [9.17, 15) is 9.59 Å². The van der Waals surface area contributed by atoms with Crippen LogP contribution in [0, 0.1) is 13.8 Å². The second kappa shape index (κ2) is 8.92. The van der Waals surface area contributed by atoms with E-state index in [-0.39, 0.29) is 31.9 Å². The van der Waals surface area contributed by atoms with Gasteiger partial charge in [0.2, 0.25) is 5.60 Å². The Balaban J connectivity index is 1.69. The van der Waals surface area contributed by atoms with E-state index in [0.717, 1.165) is 10.6 Å². The smallest absolute Gasteiger partial charge is 0.354 e. The van der Waals surface area contributed by atoms with E-state index >= 15 is 0 Å². The molecule has 0 bridgehead atoms. The third kappa shape index (κ3) is 4.94. The second-order valence-electron chi connectivity index (χ2n) is 6.78. The number of esters is 1. The molecule has 0 aliphatic carbocycles. The molecule has 0 spiro atoms. The molecule has 2 aromatic rings. The Hall–Kier alpha value is -2.45. The maximum atomic E-state index is 12.7. The highest BCUT2D eigenvalue weighted by molar-refractivity contribution is 7.13. The summed E-state index contributed by atoms with van der Waals surface area (Å²) in [5.74, 6) is -0.710. The quantitative estimate of drug-likeness (QED) is 0.672. The number of hydrogen-bond acceptors (Lipinski definition) is 7. The van der Waals surface area contributed by atoms with Crippen LogP contribution in [0.5, 0.6) is 0 Å². The fraction of sp³-hybridized carbons (Fsp3) is 0.400. The van der Waals surface area contributed by atoms with Gasteiger partial charge in [0.05, 0.1) is 29.6 Å². The van der Waals surface area contributed by atoms with Crippen molar-refractivity contribution >= 4 is 40.5 Å². The normalized spacial score (nSPS) is 18.1. The number of carbonyl (C=O) groups is 2. The van der Waals surface area contributed by atoms with Gasteiger partial charge >= 0.3 is 5.97 Å². The summed E-state index contributed by atoms with van der Waals surface area (Å²) in [6, 6.07) is 7.22. The first-order chi connectivity index (χ1) is 13.8. The maximum absolute atomic E-state index is 12.7. The molecule has 154 valence electrons. The van der Waals surface area contributed by atoms with Crippen molar-refractivity contribution in [3.05, 3.63) is 50.4 Å². The van der Waals surface area contributed by atoms with Crippen LogP contribution in [0.3, 0.4) is 0 Å². The van der Waals surface area contributed by atoms with Crippen LogP contribution in [0.4, 0.5) is 0 Å². The SMILES string of the molecule is CCOC(=O)C1(Cc2cccc(Cl)c2)CC(CNC(=O)c2sc(C)nc2C)=NO1. The molecule has 1 aliphatic rings. The molecule has 1 atom stereocenters. The van der Waals surface area contributed by atoms with Crippen molar-refractivity contribution in [1.82, 2.24) is 10.3 Å². The van der Waals surface area contributed by atoms with Crippen LogP contribution in [-0.2, 0) is 20.8 Å². The standard InChI is InChI=1S/C20H22ClN3O4S/c1-4-27-19(26)20(9-14-6-5-7-15(21)8-14)10-16(24-28-20)11-22-18(25)17-12(2)23-13(3)29-17/h5-8H,4,9-11H2,1-3H3,(H,22,25). The summed E-state index contributed by atoms with van der Waals surface area (Å²) in [4.78, 5) is 35.5. The molecule has 7 nitrogen and oxygen atoms in total. The molecule has 1 amide bonds. The minimum atomic E-state index is -1.27. The zero-order chi connectivity index (χ0) is 21.0. The molecule has 0 saturated heterocycles. The van der Waals surface area contributed by atoms with E-state index in [1.807, 2.05) is 19.1 Å². The van der Waals surface area contributed by atoms with Crippen molar-refractivity contribution in [3.63, 3.8) is 0 Å². The van der Waals surface area contributed by atoms with Crippen molar-refractivity contribution in [2.24, 2.45) is 5.16 Å². The van der Waals surface area contributed by atoms with Gasteiger partial charge in [-0.1, -0.05) is 28.9 Å². The molecule has 3 rings (SSSR count). The highest BCUT2D eigenvalue weighted by Gasteiger charge is 2.48. The molecule has 1 N–H and O–H groups in total. The Morgan fingerprint density at radius 3 is 2.83 bits per heavy atom. The predicted molar refractivity (Wildman–Crippen MR) is 112 cm³/mol. The first-order valence-corrected chi connectivity index (χ1v) is 10.4. The number of aromatic nitrogens is 1. The highest BCUT2D eigenvalue weighted by atomic mass is 35.5. The van der Waals surface area contributed by atoms with E-state index in [2.05, 4.69) is 15.5 Å². The topological polar surface area (TPSA) is 89.9 Å². The van der Waals surface area contributed by atoms with Gasteiger partial charge in [0.1, 0.15) is 4.88 Å². The fourth-order valence-electron chi connectivity index (χ4n) is 3.16. The Morgan fingerprint density at radius 2 is 2.17 bits per heavy atom. The molecular formula is C20H22ClN3O4S. The molecule has 0 radical (unpaired) electrons. The van der Waals surface area contributed by atoms with E-state index in [1.54, 1.807) is 26.0 Å². The number of nitrogens with one attached hydrogen (secondary N) is 1. The summed E-state index contributed by atoms with van der Waals surface area (Å²) in [5.41, 5.74) is 0.822. The third-order valence-electron chi connectivity index (χ3n) is 4.43. The summed E-state index contributed by atoms with van der Waals surface area (Å²) >= 11 is 7.40. The Kier molecular flexibility index (Phi) is 6.54. The van der Waals surface area contributed by atoms with Gasteiger partial charge in [0, 0.05) is 17.9 Å². The number of benzene rings is 1. The molecule has 1 unspecified atom stereocenters. The van der Waals surface area contributed by atoms with E-state index in [1.165, 1.54) is 11.3 Å². The van der Waals surface area contributed by atoms with Crippen molar-refractivity contribution in [1.29, 1.82) is 0 Å². The van der Waals surface area contributed by atoms with Gasteiger partial charge in [0.15, 0.2) is 0 Å². The zero-order valence-corrected chi connectivity index (χ0v) is 18.0. The van der Waals surface area contributed by atoms with Gasteiger partial charge in [-0.25, -0.2) is 9.78 Å². The number of aryl methyl sites for hydroxylation is 2. The summed E-state index contributed by atoms with van der Waals surface area (Å²) < 4.78 is 5.23. The van der Waals surface area contributed by atoms with Gasteiger partial charge in [-0.3, -0.25) is 4.79 Å². The van der Waals surface area contributed by atoms with E-state index in [0.29, 0.717) is 21.3 Å². The van der Waals surface area contributed by atoms with Crippen LogP contribution in [0.1, 0.15) is 39.3 Å². The lowest BCUT2D eigenvalue weighted by Gasteiger charge is -2.24. The molecular weight excluding hydrogens is 414 g/mol. The Labute approximate surface area is 178 Å².